The summed E-state index contributed by atoms with van der Waals surface area (Å²) in [5.41, 5.74) is 5.89. The maximum Gasteiger partial charge on any atom is 0.0912 e. The van der Waals surface area contributed by atoms with Gasteiger partial charge in [0.15, 0.2) is 0 Å². The van der Waals surface area contributed by atoms with Gasteiger partial charge in [-0.25, -0.2) is 0 Å². The molecule has 0 bridgehead atoms. The molecule has 1 aromatic carbocycles. The zero-order chi connectivity index (χ0) is 15.8. The lowest BCUT2D eigenvalue weighted by Gasteiger charge is -2.06. The molecule has 4 nitrogen and oxygen atoms in total. The van der Waals surface area contributed by atoms with Crippen LogP contribution in [0.5, 0.6) is 0 Å². The number of H-pyrrole nitrogens is 1. The van der Waals surface area contributed by atoms with Crippen LogP contribution in [0.15, 0.2) is 59.3 Å². The molecular formula is C18H13BrN4. The molecule has 1 N–H and O–H groups in total. The molecule has 0 saturated heterocycles. The van der Waals surface area contributed by atoms with Gasteiger partial charge in [-0.05, 0) is 58.7 Å². The van der Waals surface area contributed by atoms with Gasteiger partial charge in [0.25, 0.3) is 0 Å². The van der Waals surface area contributed by atoms with Crippen LogP contribution in [-0.2, 0) is 0 Å². The third-order valence-corrected chi connectivity index (χ3v) is 4.18. The number of pyridine rings is 2. The second-order valence-electron chi connectivity index (χ2n) is 5.38. The van der Waals surface area contributed by atoms with Crippen molar-refractivity contribution in [2.24, 2.45) is 0 Å². The van der Waals surface area contributed by atoms with Crippen LogP contribution in [0.1, 0.15) is 5.69 Å². The van der Waals surface area contributed by atoms with E-state index in [1.165, 1.54) is 0 Å². The van der Waals surface area contributed by atoms with Crippen LogP contribution in [0.4, 0.5) is 0 Å². The largest absolute Gasteiger partial charge is 0.276 e. The van der Waals surface area contributed by atoms with E-state index >= 15 is 0 Å². The second-order valence-corrected chi connectivity index (χ2v) is 6.30. The highest BCUT2D eigenvalue weighted by molar-refractivity contribution is 9.10. The average Bonchev–Trinajstić information content (AvgIpc) is 3.03. The molecule has 0 unspecified atom stereocenters. The zero-order valence-electron chi connectivity index (χ0n) is 12.4. The summed E-state index contributed by atoms with van der Waals surface area (Å²) in [7, 11) is 0. The first-order valence-electron chi connectivity index (χ1n) is 7.24. The molecule has 23 heavy (non-hydrogen) atoms. The van der Waals surface area contributed by atoms with E-state index in [9.17, 15) is 0 Å². The molecule has 112 valence electrons. The third kappa shape index (κ3) is 2.64. The number of aromatic nitrogens is 4. The monoisotopic (exact) mass is 364 g/mol. The number of nitrogens with zero attached hydrogens (tertiary/aromatic N) is 3. The molecule has 3 heterocycles. The SMILES string of the molecule is Cc1cccc(-c2[nH]ncc2-c2ccc3ncc(Br)cc3c2)n1. The minimum atomic E-state index is 0.893. The zero-order valence-corrected chi connectivity index (χ0v) is 14.0. The van der Waals surface area contributed by atoms with E-state index in [0.29, 0.717) is 0 Å². The minimum absolute atomic E-state index is 0.893. The molecule has 0 aliphatic heterocycles. The topological polar surface area (TPSA) is 54.5 Å². The van der Waals surface area contributed by atoms with E-state index in [2.05, 4.69) is 54.3 Å². The summed E-state index contributed by atoms with van der Waals surface area (Å²) < 4.78 is 0.968. The molecule has 0 spiro atoms. The molecule has 3 aromatic heterocycles. The van der Waals surface area contributed by atoms with Gasteiger partial charge < -0.3 is 0 Å². The lowest BCUT2D eigenvalue weighted by molar-refractivity contribution is 1.08. The number of aryl methyl sites for hydroxylation is 1. The Morgan fingerprint density at radius 3 is 2.83 bits per heavy atom. The van der Waals surface area contributed by atoms with Crippen molar-refractivity contribution in [1.82, 2.24) is 20.2 Å². The molecule has 0 amide bonds. The predicted molar refractivity (Wildman–Crippen MR) is 95.0 cm³/mol. The summed E-state index contributed by atoms with van der Waals surface area (Å²) in [5.74, 6) is 0. The van der Waals surface area contributed by atoms with E-state index in [1.807, 2.05) is 43.6 Å². The van der Waals surface area contributed by atoms with Crippen molar-refractivity contribution in [1.29, 1.82) is 0 Å². The molecule has 4 rings (SSSR count). The van der Waals surface area contributed by atoms with E-state index in [0.717, 1.165) is 43.6 Å². The molecular weight excluding hydrogens is 352 g/mol. The van der Waals surface area contributed by atoms with Gasteiger partial charge in [-0.1, -0.05) is 12.1 Å². The summed E-state index contributed by atoms with van der Waals surface area (Å²) in [5, 5.41) is 8.37. The number of halogens is 1. The lowest BCUT2D eigenvalue weighted by Crippen LogP contribution is -1.89. The van der Waals surface area contributed by atoms with Crippen molar-refractivity contribution < 1.29 is 0 Å². The highest BCUT2D eigenvalue weighted by Gasteiger charge is 2.12. The van der Waals surface area contributed by atoms with Gasteiger partial charge in [-0.2, -0.15) is 5.10 Å². The fourth-order valence-corrected chi connectivity index (χ4v) is 3.00. The third-order valence-electron chi connectivity index (χ3n) is 3.74. The Kier molecular flexibility index (Phi) is 3.42. The van der Waals surface area contributed by atoms with Crippen LogP contribution in [0.3, 0.4) is 0 Å². The Hall–Kier alpha value is -2.53. The van der Waals surface area contributed by atoms with E-state index < -0.39 is 0 Å². The lowest BCUT2D eigenvalue weighted by atomic mass is 10.0. The maximum atomic E-state index is 4.59. The van der Waals surface area contributed by atoms with Gasteiger partial charge in [-0.15, -0.1) is 0 Å². The predicted octanol–water partition coefficient (Wildman–Crippen LogP) is 4.76. The van der Waals surface area contributed by atoms with Gasteiger partial charge >= 0.3 is 0 Å². The van der Waals surface area contributed by atoms with Gasteiger partial charge in [0.2, 0.25) is 0 Å². The fraction of sp³-hybridized carbons (Fsp3) is 0.0556. The molecule has 0 atom stereocenters. The van der Waals surface area contributed by atoms with Crippen molar-refractivity contribution in [3.05, 3.63) is 65.0 Å². The van der Waals surface area contributed by atoms with Gasteiger partial charge in [0.05, 0.1) is 23.1 Å². The number of benzene rings is 1. The van der Waals surface area contributed by atoms with Crippen molar-refractivity contribution >= 4 is 26.8 Å². The summed E-state index contributed by atoms with van der Waals surface area (Å²) in [6, 6.07) is 14.3. The Bertz CT molecular complexity index is 1010. The number of rotatable bonds is 2. The Morgan fingerprint density at radius 2 is 1.96 bits per heavy atom. The molecule has 5 heteroatoms. The number of fused-ring (bicyclic) bond motifs is 1. The van der Waals surface area contributed by atoms with Crippen LogP contribution >= 0.6 is 15.9 Å². The first kappa shape index (κ1) is 14.1. The molecule has 4 aromatic rings. The average molecular weight is 365 g/mol. The van der Waals surface area contributed by atoms with Crippen LogP contribution < -0.4 is 0 Å². The van der Waals surface area contributed by atoms with Crippen molar-refractivity contribution in [3.8, 4) is 22.5 Å². The smallest absolute Gasteiger partial charge is 0.0912 e. The summed E-state index contributed by atoms with van der Waals surface area (Å²) in [6.45, 7) is 1.98. The number of aromatic amines is 1. The van der Waals surface area contributed by atoms with Crippen LogP contribution in [-0.4, -0.2) is 20.2 Å². The molecule has 0 saturated carbocycles. The number of hydrogen-bond donors (Lipinski definition) is 1. The van der Waals surface area contributed by atoms with E-state index in [1.54, 1.807) is 0 Å². The van der Waals surface area contributed by atoms with Crippen LogP contribution in [0.2, 0.25) is 0 Å². The maximum absolute atomic E-state index is 4.59. The number of nitrogens with one attached hydrogen (secondary N) is 1. The molecule has 0 aliphatic rings. The van der Waals surface area contributed by atoms with Crippen molar-refractivity contribution in [3.63, 3.8) is 0 Å². The highest BCUT2D eigenvalue weighted by Crippen LogP contribution is 2.31. The van der Waals surface area contributed by atoms with E-state index in [4.69, 9.17) is 0 Å². The van der Waals surface area contributed by atoms with E-state index in [-0.39, 0.29) is 0 Å². The quantitative estimate of drug-likeness (QED) is 0.557. The summed E-state index contributed by atoms with van der Waals surface area (Å²) in [6.07, 6.45) is 3.65. The second kappa shape index (κ2) is 5.59. The minimum Gasteiger partial charge on any atom is -0.276 e. The Balaban J connectivity index is 1.87. The van der Waals surface area contributed by atoms with Crippen LogP contribution in [0.25, 0.3) is 33.4 Å². The fourth-order valence-electron chi connectivity index (χ4n) is 2.65. The van der Waals surface area contributed by atoms with Gasteiger partial charge in [0, 0.05) is 27.3 Å². The molecule has 0 radical (unpaired) electrons. The summed E-state index contributed by atoms with van der Waals surface area (Å²) >= 11 is 3.47. The molecule has 0 aliphatic carbocycles. The standard InChI is InChI=1S/C18H13BrN4/c1-11-3-2-4-17(22-11)18-15(10-21-23-18)12-5-6-16-13(7-12)8-14(19)9-20-16/h2-10H,1H3,(H,21,23). The van der Waals surface area contributed by atoms with Gasteiger partial charge in [-0.3, -0.25) is 15.1 Å². The highest BCUT2D eigenvalue weighted by atomic mass is 79.9. The Morgan fingerprint density at radius 1 is 1.04 bits per heavy atom. The van der Waals surface area contributed by atoms with Gasteiger partial charge in [0.1, 0.15) is 0 Å². The van der Waals surface area contributed by atoms with Crippen LogP contribution in [0, 0.1) is 6.92 Å². The normalized spacial score (nSPS) is 11.0. The van der Waals surface area contributed by atoms with Crippen molar-refractivity contribution in [2.75, 3.05) is 0 Å². The first-order valence-corrected chi connectivity index (χ1v) is 8.03. The van der Waals surface area contributed by atoms with Crippen molar-refractivity contribution in [2.45, 2.75) is 6.92 Å². The summed E-state index contributed by atoms with van der Waals surface area (Å²) in [4.78, 5) is 9.00. The number of hydrogen-bond acceptors (Lipinski definition) is 3. The Labute approximate surface area is 141 Å². The molecule has 0 fully saturated rings. The first-order chi connectivity index (χ1) is 11.2.